The molecule has 1 N–H and O–H groups in total. The average molecular weight is 646 g/mol. The molecular weight excluding hydrogens is 591 g/mol. The Morgan fingerprint density at radius 3 is 2.22 bits per heavy atom. The smallest absolute Gasteiger partial charge is 0.493 e. The maximum absolute atomic E-state index is 12.8. The van der Waals surface area contributed by atoms with E-state index >= 15 is 0 Å². The van der Waals surface area contributed by atoms with Crippen LogP contribution in [0.15, 0.2) is 61.2 Å². The van der Waals surface area contributed by atoms with Crippen molar-refractivity contribution < 1.29 is 37.3 Å². The van der Waals surface area contributed by atoms with Crippen molar-refractivity contribution in [1.82, 2.24) is 4.57 Å². The van der Waals surface area contributed by atoms with Crippen LogP contribution in [0, 0.1) is 6.92 Å². The minimum Gasteiger partial charge on any atom is -0.493 e. The van der Waals surface area contributed by atoms with Crippen LogP contribution < -0.4 is 18.6 Å². The Hall–Kier alpha value is -2.84. The Morgan fingerprint density at radius 2 is 1.56 bits per heavy atom. The zero-order valence-corrected chi connectivity index (χ0v) is 28.6. The van der Waals surface area contributed by atoms with Crippen molar-refractivity contribution in [3.8, 4) is 17.2 Å². The number of phosphoric ester groups is 1. The van der Waals surface area contributed by atoms with Gasteiger partial charge in [0.05, 0.1) is 20.3 Å². The lowest BCUT2D eigenvalue weighted by Crippen LogP contribution is -2.27. The number of benzene rings is 2. The van der Waals surface area contributed by atoms with Gasteiger partial charge in [-0.15, -0.1) is 0 Å². The summed E-state index contributed by atoms with van der Waals surface area (Å²) in [6.45, 7) is 7.72. The molecule has 0 fully saturated rings. The van der Waals surface area contributed by atoms with Crippen LogP contribution in [0.5, 0.6) is 17.2 Å². The molecule has 3 aromatic rings. The molecule has 45 heavy (non-hydrogen) atoms. The first-order chi connectivity index (χ1) is 21.8. The second kappa shape index (κ2) is 20.3. The van der Waals surface area contributed by atoms with Gasteiger partial charge in [-0.05, 0) is 50.1 Å². The van der Waals surface area contributed by atoms with Crippen molar-refractivity contribution in [2.45, 2.75) is 97.6 Å². The fourth-order valence-corrected chi connectivity index (χ4v) is 5.87. The fraction of sp³-hybridized carbons (Fsp3) is 0.571. The first-order valence-electron chi connectivity index (χ1n) is 16.5. The molecule has 0 spiro atoms. The summed E-state index contributed by atoms with van der Waals surface area (Å²) < 4.78 is 45.3. The summed E-state index contributed by atoms with van der Waals surface area (Å²) in [5.41, 5.74) is 1.83. The van der Waals surface area contributed by atoms with Crippen LogP contribution in [-0.2, 0) is 27.4 Å². The van der Waals surface area contributed by atoms with Crippen LogP contribution in [0.2, 0.25) is 0 Å². The van der Waals surface area contributed by atoms with Crippen LogP contribution in [0.4, 0.5) is 0 Å². The van der Waals surface area contributed by atoms with Crippen LogP contribution in [0.3, 0.4) is 0 Å². The number of phosphoric acid groups is 1. The molecule has 250 valence electrons. The molecule has 0 bridgehead atoms. The topological polar surface area (TPSA) is 92.3 Å². The number of hydrogen-bond acceptors (Lipinski definition) is 6. The van der Waals surface area contributed by atoms with E-state index in [0.717, 1.165) is 23.3 Å². The lowest BCUT2D eigenvalue weighted by Gasteiger charge is -2.21. The number of rotatable bonds is 24. The molecule has 9 nitrogen and oxygen atoms in total. The van der Waals surface area contributed by atoms with E-state index in [-0.39, 0.29) is 19.0 Å². The summed E-state index contributed by atoms with van der Waals surface area (Å²) in [4.78, 5) is 10.4. The SMILES string of the molecule is CCCCCCCCCCCCOc1cccc(OCC(COP(=O)(O)Oc2cccc(Cn3cc[n+](C)c3)c2)OCC)c1C. The zero-order chi connectivity index (χ0) is 32.3. The van der Waals surface area contributed by atoms with E-state index in [0.29, 0.717) is 25.5 Å². The summed E-state index contributed by atoms with van der Waals surface area (Å²) in [6.07, 6.45) is 18.1. The molecule has 2 aromatic carbocycles. The quantitative estimate of drug-likeness (QED) is 0.0601. The molecule has 10 heteroatoms. The maximum Gasteiger partial charge on any atom is 0.527 e. The van der Waals surface area contributed by atoms with Gasteiger partial charge in [-0.3, -0.25) is 9.42 Å². The molecule has 1 heterocycles. The third-order valence-corrected chi connectivity index (χ3v) is 8.47. The highest BCUT2D eigenvalue weighted by Gasteiger charge is 2.26. The molecule has 0 aliphatic rings. The number of imidazole rings is 1. The molecule has 0 radical (unpaired) electrons. The van der Waals surface area contributed by atoms with Gasteiger partial charge in [-0.1, -0.05) is 82.9 Å². The second-order valence-corrected chi connectivity index (χ2v) is 12.9. The summed E-state index contributed by atoms with van der Waals surface area (Å²) in [5, 5.41) is 0. The number of ether oxygens (including phenoxy) is 3. The normalized spacial score (nSPS) is 13.4. The average Bonchev–Trinajstić information content (AvgIpc) is 3.42. The summed E-state index contributed by atoms with van der Waals surface area (Å²) in [6, 6.07) is 12.8. The third kappa shape index (κ3) is 14.4. The van der Waals surface area contributed by atoms with Crippen LogP contribution in [-0.4, -0.2) is 42.0 Å². The van der Waals surface area contributed by atoms with Crippen molar-refractivity contribution >= 4 is 7.82 Å². The maximum atomic E-state index is 12.8. The third-order valence-electron chi connectivity index (χ3n) is 7.55. The zero-order valence-electron chi connectivity index (χ0n) is 27.7. The molecule has 2 atom stereocenters. The number of unbranched alkanes of at least 4 members (excludes halogenated alkanes) is 9. The van der Waals surface area contributed by atoms with Crippen molar-refractivity contribution in [2.75, 3.05) is 26.4 Å². The lowest BCUT2D eigenvalue weighted by molar-refractivity contribution is -0.671. The lowest BCUT2D eigenvalue weighted by atomic mass is 10.1. The summed E-state index contributed by atoms with van der Waals surface area (Å²) in [5.74, 6) is 1.73. The number of hydrogen-bond donors (Lipinski definition) is 1. The minimum absolute atomic E-state index is 0.139. The first kappa shape index (κ1) is 36.6. The van der Waals surface area contributed by atoms with E-state index in [1.807, 2.05) is 73.0 Å². The molecule has 1 aromatic heterocycles. The van der Waals surface area contributed by atoms with Gasteiger partial charge in [-0.25, -0.2) is 13.7 Å². The highest BCUT2D eigenvalue weighted by Crippen LogP contribution is 2.44. The molecule has 0 amide bonds. The molecule has 0 saturated carbocycles. The Bertz CT molecular complexity index is 1300. The van der Waals surface area contributed by atoms with Crippen molar-refractivity contribution in [3.63, 3.8) is 0 Å². The van der Waals surface area contributed by atoms with Gasteiger partial charge in [0.25, 0.3) is 0 Å². The van der Waals surface area contributed by atoms with E-state index in [9.17, 15) is 9.46 Å². The number of aromatic nitrogens is 2. The van der Waals surface area contributed by atoms with Crippen molar-refractivity contribution in [1.29, 1.82) is 0 Å². The minimum atomic E-state index is -4.40. The molecule has 0 aliphatic carbocycles. The van der Waals surface area contributed by atoms with Gasteiger partial charge in [0, 0.05) is 12.2 Å². The van der Waals surface area contributed by atoms with E-state index in [1.165, 1.54) is 57.8 Å². The van der Waals surface area contributed by atoms with Crippen molar-refractivity contribution in [2.24, 2.45) is 7.05 Å². The fourth-order valence-electron chi connectivity index (χ4n) is 5.09. The summed E-state index contributed by atoms with van der Waals surface area (Å²) >= 11 is 0. The van der Waals surface area contributed by atoms with E-state index in [2.05, 4.69) is 6.92 Å². The van der Waals surface area contributed by atoms with Gasteiger partial charge >= 0.3 is 7.82 Å². The highest BCUT2D eigenvalue weighted by molar-refractivity contribution is 7.47. The largest absolute Gasteiger partial charge is 0.527 e. The first-order valence-corrected chi connectivity index (χ1v) is 18.0. The van der Waals surface area contributed by atoms with E-state index in [4.69, 9.17) is 23.3 Å². The van der Waals surface area contributed by atoms with Gasteiger partial charge in [-0.2, -0.15) is 0 Å². The molecule has 2 unspecified atom stereocenters. The van der Waals surface area contributed by atoms with Gasteiger partial charge in [0.2, 0.25) is 6.33 Å². The Morgan fingerprint density at radius 1 is 0.889 bits per heavy atom. The molecular formula is C35H54N2O7P+. The van der Waals surface area contributed by atoms with E-state index in [1.54, 1.807) is 18.2 Å². The predicted molar refractivity (Wildman–Crippen MR) is 177 cm³/mol. The van der Waals surface area contributed by atoms with Crippen LogP contribution in [0.25, 0.3) is 0 Å². The highest BCUT2D eigenvalue weighted by atomic mass is 31.2. The second-order valence-electron chi connectivity index (χ2n) is 11.6. The molecule has 3 rings (SSSR count). The van der Waals surface area contributed by atoms with Gasteiger partial charge in [0.1, 0.15) is 48.9 Å². The molecule has 0 saturated heterocycles. The van der Waals surface area contributed by atoms with Crippen LogP contribution >= 0.6 is 7.82 Å². The van der Waals surface area contributed by atoms with E-state index < -0.39 is 13.9 Å². The van der Waals surface area contributed by atoms with Crippen LogP contribution in [0.1, 0.15) is 89.2 Å². The van der Waals surface area contributed by atoms with Crippen molar-refractivity contribution in [3.05, 3.63) is 72.3 Å². The van der Waals surface area contributed by atoms with Gasteiger partial charge < -0.3 is 18.7 Å². The Labute approximate surface area is 270 Å². The van der Waals surface area contributed by atoms with Gasteiger partial charge in [0.15, 0.2) is 0 Å². The number of nitrogens with zero attached hydrogens (tertiary/aromatic N) is 2. The summed E-state index contributed by atoms with van der Waals surface area (Å²) in [7, 11) is -2.45. The molecule has 0 aliphatic heterocycles. The Kier molecular flexibility index (Phi) is 16.5. The Balaban J connectivity index is 1.41. The monoisotopic (exact) mass is 645 g/mol. The number of aryl methyl sites for hydroxylation is 1. The predicted octanol–water partition coefficient (Wildman–Crippen LogP) is 7.95. The standard InChI is InChI=1S/C35H53N2O7P/c1-5-7-8-9-10-11-12-13-14-15-24-41-34-20-17-21-35(30(34)3)42-27-33(40-6-2)28-43-45(38,39)44-32-19-16-18-31(25-32)26-37-23-22-36(4)29-37/h16-23,25,29,33H,5-15,24,26-28H2,1-4H3/p+1.